The molecule has 96 valence electrons. The molecule has 1 heterocycles. The molecule has 0 saturated heterocycles. The zero-order valence-electron chi connectivity index (χ0n) is 10.4. The van der Waals surface area contributed by atoms with Crippen LogP contribution in [0.2, 0.25) is 0 Å². The van der Waals surface area contributed by atoms with Crippen LogP contribution in [0.4, 0.5) is 6.01 Å². The maximum Gasteiger partial charge on any atom is 0.315 e. The molecule has 1 aromatic rings. The summed E-state index contributed by atoms with van der Waals surface area (Å²) in [5, 5.41) is 15.1. The van der Waals surface area contributed by atoms with Crippen molar-refractivity contribution in [2.45, 2.75) is 44.0 Å². The number of nitrogens with zero attached hydrogens (tertiary/aromatic N) is 2. The molecule has 1 aliphatic rings. The second kappa shape index (κ2) is 6.26. The van der Waals surface area contributed by atoms with Crippen LogP contribution in [0.25, 0.3) is 0 Å². The molecule has 2 N–H and O–H groups in total. The van der Waals surface area contributed by atoms with Gasteiger partial charge in [0.15, 0.2) is 0 Å². The van der Waals surface area contributed by atoms with Gasteiger partial charge < -0.3 is 15.1 Å². The van der Waals surface area contributed by atoms with Crippen LogP contribution in [-0.4, -0.2) is 34.3 Å². The highest BCUT2D eigenvalue weighted by Gasteiger charge is 2.21. The minimum absolute atomic E-state index is 0.533. The highest BCUT2D eigenvalue weighted by Crippen LogP contribution is 2.19. The molecule has 1 saturated carbocycles. The number of anilines is 1. The van der Waals surface area contributed by atoms with Gasteiger partial charge in [0.1, 0.15) is 0 Å². The van der Waals surface area contributed by atoms with Crippen LogP contribution in [0.1, 0.15) is 32.1 Å². The van der Waals surface area contributed by atoms with Gasteiger partial charge in [-0.25, -0.2) is 0 Å². The number of hydrogen-bond acceptors (Lipinski definition) is 6. The molecule has 5 nitrogen and oxygen atoms in total. The molecule has 1 unspecified atom stereocenters. The van der Waals surface area contributed by atoms with Crippen LogP contribution in [0.15, 0.2) is 4.42 Å². The quantitative estimate of drug-likeness (QED) is 0.740. The standard InChI is InChI=1S/C11H20N4OS/c1-8(17-2)5-6-12-11-15-14-10(16-11)7-13-9-3-4-9/h8-9,13H,3-7H2,1-2H3,(H,12,15). The van der Waals surface area contributed by atoms with Gasteiger partial charge in [0, 0.05) is 17.8 Å². The van der Waals surface area contributed by atoms with Crippen LogP contribution < -0.4 is 10.6 Å². The molecule has 0 radical (unpaired) electrons. The first-order valence-corrected chi connectivity index (χ1v) is 7.39. The topological polar surface area (TPSA) is 63.0 Å². The third kappa shape index (κ3) is 4.55. The fraction of sp³-hybridized carbons (Fsp3) is 0.818. The fourth-order valence-electron chi connectivity index (χ4n) is 1.42. The van der Waals surface area contributed by atoms with Crippen molar-refractivity contribution in [3.05, 3.63) is 5.89 Å². The molecule has 6 heteroatoms. The number of rotatable bonds is 8. The van der Waals surface area contributed by atoms with Crippen molar-refractivity contribution in [3.8, 4) is 0 Å². The van der Waals surface area contributed by atoms with Crippen molar-refractivity contribution in [1.29, 1.82) is 0 Å². The smallest absolute Gasteiger partial charge is 0.315 e. The van der Waals surface area contributed by atoms with Gasteiger partial charge in [-0.3, -0.25) is 0 Å². The SMILES string of the molecule is CSC(C)CCNc1nnc(CNC2CC2)o1. The molecule has 17 heavy (non-hydrogen) atoms. The van der Waals surface area contributed by atoms with E-state index in [0.29, 0.717) is 29.7 Å². The van der Waals surface area contributed by atoms with Crippen molar-refractivity contribution in [1.82, 2.24) is 15.5 Å². The Morgan fingerprint density at radius 3 is 3.00 bits per heavy atom. The fourth-order valence-corrected chi connectivity index (χ4v) is 1.77. The lowest BCUT2D eigenvalue weighted by Crippen LogP contribution is -2.15. The lowest BCUT2D eigenvalue weighted by Gasteiger charge is -2.06. The van der Waals surface area contributed by atoms with Crippen LogP contribution in [0, 0.1) is 0 Å². The van der Waals surface area contributed by atoms with E-state index in [-0.39, 0.29) is 0 Å². The first kappa shape index (κ1) is 12.7. The van der Waals surface area contributed by atoms with E-state index < -0.39 is 0 Å². The molecule has 0 aliphatic heterocycles. The third-order valence-electron chi connectivity index (χ3n) is 2.82. The summed E-state index contributed by atoms with van der Waals surface area (Å²) in [6.45, 7) is 3.77. The average molecular weight is 256 g/mol. The molecule has 1 fully saturated rings. The van der Waals surface area contributed by atoms with E-state index in [4.69, 9.17) is 4.42 Å². The largest absolute Gasteiger partial charge is 0.407 e. The van der Waals surface area contributed by atoms with Crippen molar-refractivity contribution in [2.75, 3.05) is 18.1 Å². The number of thioether (sulfide) groups is 1. The predicted molar refractivity (Wildman–Crippen MR) is 70.2 cm³/mol. The van der Waals surface area contributed by atoms with Crippen LogP contribution in [0.5, 0.6) is 0 Å². The summed E-state index contributed by atoms with van der Waals surface area (Å²) in [4.78, 5) is 0. The summed E-state index contributed by atoms with van der Waals surface area (Å²) in [7, 11) is 0. The predicted octanol–water partition coefficient (Wildman–Crippen LogP) is 1.88. The highest BCUT2D eigenvalue weighted by atomic mass is 32.2. The van der Waals surface area contributed by atoms with Gasteiger partial charge in [-0.15, -0.1) is 5.10 Å². The van der Waals surface area contributed by atoms with Crippen molar-refractivity contribution >= 4 is 17.8 Å². The Morgan fingerprint density at radius 2 is 2.29 bits per heavy atom. The van der Waals surface area contributed by atoms with Crippen LogP contribution >= 0.6 is 11.8 Å². The summed E-state index contributed by atoms with van der Waals surface area (Å²) in [5.41, 5.74) is 0. The van der Waals surface area contributed by atoms with Crippen molar-refractivity contribution in [3.63, 3.8) is 0 Å². The second-order valence-electron chi connectivity index (χ2n) is 4.42. The summed E-state index contributed by atoms with van der Waals surface area (Å²) >= 11 is 1.87. The molecule has 0 spiro atoms. The second-order valence-corrected chi connectivity index (χ2v) is 5.69. The Balaban J connectivity index is 1.66. The Morgan fingerprint density at radius 1 is 1.47 bits per heavy atom. The summed E-state index contributed by atoms with van der Waals surface area (Å²) in [6.07, 6.45) is 5.76. The minimum Gasteiger partial charge on any atom is -0.407 e. The van der Waals surface area contributed by atoms with Crippen molar-refractivity contribution in [2.24, 2.45) is 0 Å². The molecule has 0 aromatic carbocycles. The van der Waals surface area contributed by atoms with Gasteiger partial charge >= 0.3 is 6.01 Å². The minimum atomic E-state index is 0.533. The molecular weight excluding hydrogens is 236 g/mol. The van der Waals surface area contributed by atoms with E-state index in [9.17, 15) is 0 Å². The summed E-state index contributed by atoms with van der Waals surface area (Å²) in [5.74, 6) is 0.664. The first-order chi connectivity index (χ1) is 8.28. The Bertz CT molecular complexity index is 340. The number of hydrogen-bond donors (Lipinski definition) is 2. The van der Waals surface area contributed by atoms with Crippen molar-refractivity contribution < 1.29 is 4.42 Å². The Hall–Kier alpha value is -0.750. The molecule has 1 atom stereocenters. The van der Waals surface area contributed by atoms with Gasteiger partial charge in [-0.1, -0.05) is 12.0 Å². The molecule has 1 aliphatic carbocycles. The zero-order valence-corrected chi connectivity index (χ0v) is 11.2. The monoisotopic (exact) mass is 256 g/mol. The molecule has 0 bridgehead atoms. The Kier molecular flexibility index (Phi) is 4.67. The van der Waals surface area contributed by atoms with Gasteiger partial charge in [-0.2, -0.15) is 11.8 Å². The van der Waals surface area contributed by atoms with Crippen LogP contribution in [0.3, 0.4) is 0 Å². The average Bonchev–Trinajstić information content (AvgIpc) is 3.06. The van der Waals surface area contributed by atoms with E-state index in [0.717, 1.165) is 13.0 Å². The summed E-state index contributed by atoms with van der Waals surface area (Å²) < 4.78 is 5.47. The van der Waals surface area contributed by atoms with Gasteiger partial charge in [0.25, 0.3) is 0 Å². The number of aromatic nitrogens is 2. The Labute approximate surface area is 106 Å². The van der Waals surface area contributed by atoms with E-state index >= 15 is 0 Å². The lowest BCUT2D eigenvalue weighted by molar-refractivity contribution is 0.475. The normalized spacial score (nSPS) is 17.1. The zero-order chi connectivity index (χ0) is 12.1. The molecule has 1 aromatic heterocycles. The lowest BCUT2D eigenvalue weighted by atomic mass is 10.3. The van der Waals surface area contributed by atoms with Gasteiger partial charge in [-0.05, 0) is 25.5 Å². The molecule has 0 amide bonds. The van der Waals surface area contributed by atoms with Crippen LogP contribution in [-0.2, 0) is 6.54 Å². The summed E-state index contributed by atoms with van der Waals surface area (Å²) in [6, 6.07) is 1.20. The van der Waals surface area contributed by atoms with E-state index in [1.165, 1.54) is 12.8 Å². The highest BCUT2D eigenvalue weighted by molar-refractivity contribution is 7.99. The third-order valence-corrected chi connectivity index (χ3v) is 3.86. The van der Waals surface area contributed by atoms with E-state index in [1.807, 2.05) is 11.8 Å². The van der Waals surface area contributed by atoms with E-state index in [2.05, 4.69) is 34.0 Å². The maximum absolute atomic E-state index is 5.47. The number of nitrogens with one attached hydrogen (secondary N) is 2. The van der Waals surface area contributed by atoms with Gasteiger partial charge in [0.05, 0.1) is 6.54 Å². The maximum atomic E-state index is 5.47. The first-order valence-electron chi connectivity index (χ1n) is 6.10. The van der Waals surface area contributed by atoms with E-state index in [1.54, 1.807) is 0 Å². The molecule has 2 rings (SSSR count). The van der Waals surface area contributed by atoms with Gasteiger partial charge in [0.2, 0.25) is 5.89 Å². The molecular formula is C11H20N4OS.